The maximum absolute atomic E-state index is 11.8. The third kappa shape index (κ3) is 2.25. The Morgan fingerprint density at radius 3 is 2.87 bits per heavy atom. The Labute approximate surface area is 97.4 Å². The summed E-state index contributed by atoms with van der Waals surface area (Å²) in [6, 6.07) is 1.93. The lowest BCUT2D eigenvalue weighted by molar-refractivity contribution is 0.0907. The third-order valence-corrected chi connectivity index (χ3v) is 3.69. The molecular weight excluding hydrogens is 258 g/mol. The predicted octanol–water partition coefficient (Wildman–Crippen LogP) is 2.96. The van der Waals surface area contributed by atoms with Crippen LogP contribution in [-0.2, 0) is 0 Å². The van der Waals surface area contributed by atoms with E-state index in [1.54, 1.807) is 6.07 Å². The number of hydrogen-bond donors (Lipinski definition) is 1. The first-order chi connectivity index (χ1) is 7.18. The molecule has 82 valence electrons. The van der Waals surface area contributed by atoms with Crippen LogP contribution in [0.4, 0.5) is 0 Å². The summed E-state index contributed by atoms with van der Waals surface area (Å²) in [5.74, 6) is 0.592. The van der Waals surface area contributed by atoms with Crippen molar-refractivity contribution in [3.63, 3.8) is 0 Å². The van der Waals surface area contributed by atoms with Gasteiger partial charge in [0.1, 0.15) is 0 Å². The van der Waals surface area contributed by atoms with Gasteiger partial charge in [-0.2, -0.15) is 0 Å². The van der Waals surface area contributed by atoms with Gasteiger partial charge in [0.15, 0.2) is 4.67 Å². The van der Waals surface area contributed by atoms with Crippen molar-refractivity contribution in [2.75, 3.05) is 0 Å². The molecule has 4 heteroatoms. The van der Waals surface area contributed by atoms with Gasteiger partial charge < -0.3 is 9.73 Å². The van der Waals surface area contributed by atoms with E-state index in [4.69, 9.17) is 4.42 Å². The average Bonchev–Trinajstić information content (AvgIpc) is 2.47. The first-order valence-electron chi connectivity index (χ1n) is 5.22. The van der Waals surface area contributed by atoms with E-state index in [0.717, 1.165) is 0 Å². The quantitative estimate of drug-likeness (QED) is 0.919. The first-order valence-corrected chi connectivity index (χ1v) is 6.01. The van der Waals surface area contributed by atoms with Crippen molar-refractivity contribution >= 4 is 21.8 Å². The summed E-state index contributed by atoms with van der Waals surface area (Å²) >= 11 is 3.20. The molecule has 1 unspecified atom stereocenters. The highest BCUT2D eigenvalue weighted by Crippen LogP contribution is 2.29. The molecule has 0 radical (unpaired) electrons. The second-order valence-electron chi connectivity index (χ2n) is 4.06. The fourth-order valence-electron chi connectivity index (χ4n) is 1.80. The molecule has 1 atom stereocenters. The Balaban J connectivity index is 1.94. The zero-order valence-electron chi connectivity index (χ0n) is 8.63. The van der Waals surface area contributed by atoms with E-state index < -0.39 is 0 Å². The lowest BCUT2D eigenvalue weighted by atomic mass is 9.80. The number of nitrogens with one attached hydrogen (secondary N) is 1. The Morgan fingerprint density at radius 2 is 2.40 bits per heavy atom. The molecule has 1 amide bonds. The smallest absolute Gasteiger partial charge is 0.255 e. The van der Waals surface area contributed by atoms with Gasteiger partial charge >= 0.3 is 0 Å². The van der Waals surface area contributed by atoms with Gasteiger partial charge in [0.25, 0.3) is 5.91 Å². The molecule has 1 fully saturated rings. The van der Waals surface area contributed by atoms with Crippen molar-refractivity contribution in [2.45, 2.75) is 32.2 Å². The van der Waals surface area contributed by atoms with Crippen LogP contribution in [0, 0.1) is 5.92 Å². The zero-order chi connectivity index (χ0) is 10.8. The second kappa shape index (κ2) is 4.39. The van der Waals surface area contributed by atoms with Gasteiger partial charge in [0, 0.05) is 6.04 Å². The highest BCUT2D eigenvalue weighted by molar-refractivity contribution is 9.10. The van der Waals surface area contributed by atoms with Crippen molar-refractivity contribution < 1.29 is 9.21 Å². The van der Waals surface area contributed by atoms with Crippen LogP contribution in [0.1, 0.15) is 36.5 Å². The van der Waals surface area contributed by atoms with E-state index in [-0.39, 0.29) is 11.9 Å². The van der Waals surface area contributed by atoms with E-state index >= 15 is 0 Å². The van der Waals surface area contributed by atoms with E-state index in [1.807, 2.05) is 0 Å². The van der Waals surface area contributed by atoms with Crippen molar-refractivity contribution in [3.8, 4) is 0 Å². The van der Waals surface area contributed by atoms with Gasteiger partial charge in [0.2, 0.25) is 0 Å². The fourth-order valence-corrected chi connectivity index (χ4v) is 2.22. The summed E-state index contributed by atoms with van der Waals surface area (Å²) in [7, 11) is 0. The van der Waals surface area contributed by atoms with Crippen LogP contribution in [0.15, 0.2) is 21.4 Å². The van der Waals surface area contributed by atoms with Crippen LogP contribution in [0.25, 0.3) is 0 Å². The molecule has 2 rings (SSSR count). The van der Waals surface area contributed by atoms with E-state index in [9.17, 15) is 4.79 Å². The lowest BCUT2D eigenvalue weighted by Crippen LogP contribution is -2.40. The Bertz CT molecular complexity index is 357. The number of hydrogen-bond acceptors (Lipinski definition) is 2. The molecular formula is C11H14BrNO2. The van der Waals surface area contributed by atoms with Gasteiger partial charge in [-0.15, -0.1) is 0 Å². The Kier molecular flexibility index (Phi) is 3.14. The maximum atomic E-state index is 11.8. The van der Waals surface area contributed by atoms with Crippen molar-refractivity contribution in [1.29, 1.82) is 0 Å². The molecule has 3 nitrogen and oxygen atoms in total. The minimum absolute atomic E-state index is 0.0602. The molecule has 1 aromatic rings. The van der Waals surface area contributed by atoms with E-state index in [0.29, 0.717) is 16.2 Å². The van der Waals surface area contributed by atoms with Crippen molar-refractivity contribution in [3.05, 3.63) is 22.6 Å². The Hall–Kier alpha value is -0.770. The summed E-state index contributed by atoms with van der Waals surface area (Å²) in [5.41, 5.74) is 0.571. The van der Waals surface area contributed by atoms with Gasteiger partial charge in [-0.3, -0.25) is 4.79 Å². The molecule has 1 aliphatic carbocycles. The summed E-state index contributed by atoms with van der Waals surface area (Å²) < 4.78 is 5.52. The zero-order valence-corrected chi connectivity index (χ0v) is 10.2. The molecule has 0 spiro atoms. The summed E-state index contributed by atoms with van der Waals surface area (Å²) in [6.07, 6.45) is 5.26. The minimum atomic E-state index is -0.0602. The first kappa shape index (κ1) is 10.7. The SMILES string of the molecule is CC(NC(=O)c1ccoc1Br)C1CCC1. The molecule has 15 heavy (non-hydrogen) atoms. The summed E-state index contributed by atoms with van der Waals surface area (Å²) in [6.45, 7) is 2.07. The van der Waals surface area contributed by atoms with Crippen LogP contribution < -0.4 is 5.32 Å². The fraction of sp³-hybridized carbons (Fsp3) is 0.545. The summed E-state index contributed by atoms with van der Waals surface area (Å²) in [5, 5.41) is 3.00. The van der Waals surface area contributed by atoms with Crippen LogP contribution in [-0.4, -0.2) is 11.9 Å². The largest absolute Gasteiger partial charge is 0.457 e. The molecule has 0 aromatic carbocycles. The van der Waals surface area contributed by atoms with E-state index in [2.05, 4.69) is 28.2 Å². The standard InChI is InChI=1S/C11H14BrNO2/c1-7(8-3-2-4-8)13-11(14)9-5-6-15-10(9)12/h5-8H,2-4H2,1H3,(H,13,14). The molecule has 0 saturated heterocycles. The number of rotatable bonds is 3. The van der Waals surface area contributed by atoms with Crippen LogP contribution >= 0.6 is 15.9 Å². The van der Waals surface area contributed by atoms with Gasteiger partial charge in [-0.1, -0.05) is 6.42 Å². The molecule has 1 N–H and O–H groups in total. The monoisotopic (exact) mass is 271 g/mol. The molecule has 1 aliphatic rings. The second-order valence-corrected chi connectivity index (χ2v) is 4.78. The summed E-state index contributed by atoms with van der Waals surface area (Å²) in [4.78, 5) is 11.8. The molecule has 1 aromatic heterocycles. The number of furan rings is 1. The highest BCUT2D eigenvalue weighted by Gasteiger charge is 2.26. The normalized spacial score (nSPS) is 18.3. The Morgan fingerprint density at radius 1 is 1.67 bits per heavy atom. The van der Waals surface area contributed by atoms with Gasteiger partial charge in [0.05, 0.1) is 11.8 Å². The number of amides is 1. The van der Waals surface area contributed by atoms with Crippen LogP contribution in [0.2, 0.25) is 0 Å². The predicted molar refractivity (Wildman–Crippen MR) is 60.7 cm³/mol. The van der Waals surface area contributed by atoms with Gasteiger partial charge in [-0.25, -0.2) is 0 Å². The van der Waals surface area contributed by atoms with E-state index in [1.165, 1.54) is 25.5 Å². The topological polar surface area (TPSA) is 42.2 Å². The average molecular weight is 272 g/mol. The lowest BCUT2D eigenvalue weighted by Gasteiger charge is -2.31. The number of carbonyl (C=O) groups excluding carboxylic acids is 1. The molecule has 0 bridgehead atoms. The van der Waals surface area contributed by atoms with Crippen LogP contribution in [0.3, 0.4) is 0 Å². The number of carbonyl (C=O) groups is 1. The number of halogens is 1. The maximum Gasteiger partial charge on any atom is 0.255 e. The highest BCUT2D eigenvalue weighted by atomic mass is 79.9. The van der Waals surface area contributed by atoms with Crippen LogP contribution in [0.5, 0.6) is 0 Å². The van der Waals surface area contributed by atoms with Crippen molar-refractivity contribution in [2.24, 2.45) is 5.92 Å². The van der Waals surface area contributed by atoms with Gasteiger partial charge in [-0.05, 0) is 47.7 Å². The molecule has 1 saturated carbocycles. The third-order valence-electron chi connectivity index (χ3n) is 3.08. The minimum Gasteiger partial charge on any atom is -0.457 e. The molecule has 1 heterocycles. The van der Waals surface area contributed by atoms with Crippen molar-refractivity contribution in [1.82, 2.24) is 5.32 Å². The molecule has 0 aliphatic heterocycles.